The lowest BCUT2D eigenvalue weighted by molar-refractivity contribution is -0.925. The summed E-state index contributed by atoms with van der Waals surface area (Å²) in [7, 11) is 0. The van der Waals surface area contributed by atoms with Gasteiger partial charge in [-0.2, -0.15) is 0 Å². The van der Waals surface area contributed by atoms with Gasteiger partial charge >= 0.3 is 0 Å². The van der Waals surface area contributed by atoms with E-state index in [4.69, 9.17) is 0 Å². The highest BCUT2D eigenvalue weighted by Crippen LogP contribution is 2.17. The average molecular weight is 254 g/mol. The Morgan fingerprint density at radius 3 is 2.06 bits per heavy atom. The normalized spacial score (nSPS) is 13.4. The molecule has 0 spiro atoms. The van der Waals surface area contributed by atoms with Crippen molar-refractivity contribution < 1.29 is 4.48 Å². The molecule has 0 heterocycles. The highest BCUT2D eigenvalue weighted by molar-refractivity contribution is 4.92. The zero-order chi connectivity index (χ0) is 14.0. The average Bonchev–Trinajstić information content (AvgIpc) is 2.34. The van der Waals surface area contributed by atoms with Crippen LogP contribution in [0.1, 0.15) is 67.2 Å². The molecule has 0 fully saturated rings. The molecule has 0 saturated heterocycles. The molecule has 1 atom stereocenters. The predicted molar refractivity (Wildman–Crippen MR) is 83.8 cm³/mol. The fraction of sp³-hybridized carbons (Fsp3) is 0.882. The number of quaternary nitrogens is 1. The highest BCUT2D eigenvalue weighted by atomic mass is 15.3. The molecule has 18 heavy (non-hydrogen) atoms. The Morgan fingerprint density at radius 1 is 1.00 bits per heavy atom. The summed E-state index contributed by atoms with van der Waals surface area (Å²) in [5.74, 6) is 0.869. The lowest BCUT2D eigenvalue weighted by atomic mass is 10.00. The van der Waals surface area contributed by atoms with Crippen LogP contribution in [0.3, 0.4) is 0 Å². The van der Waals surface area contributed by atoms with E-state index < -0.39 is 0 Å². The maximum Gasteiger partial charge on any atom is 0.0789 e. The van der Waals surface area contributed by atoms with E-state index in [2.05, 4.69) is 47.6 Å². The second-order valence-electron chi connectivity index (χ2n) is 6.17. The van der Waals surface area contributed by atoms with Gasteiger partial charge in [-0.1, -0.05) is 25.5 Å². The highest BCUT2D eigenvalue weighted by Gasteiger charge is 2.22. The van der Waals surface area contributed by atoms with Crippen LogP contribution in [-0.4, -0.2) is 30.7 Å². The molecular weight excluding hydrogens is 218 g/mol. The maximum absolute atomic E-state index is 2.42. The summed E-state index contributed by atoms with van der Waals surface area (Å²) < 4.78 is 1.32. The summed E-state index contributed by atoms with van der Waals surface area (Å²) >= 11 is 0. The van der Waals surface area contributed by atoms with Gasteiger partial charge in [0.25, 0.3) is 0 Å². The minimum atomic E-state index is 0.869. The standard InChI is InChI=1S/C17H36N/c1-7-14-18(8-2,9-3)15-13-17(6)12-10-11-16(4)5/h11,17H,7-10,12-15H2,1-6H3/q+1/t17-/m1/s1. The maximum atomic E-state index is 2.42. The molecule has 0 aliphatic rings. The number of hydrogen-bond donors (Lipinski definition) is 0. The molecule has 0 unspecified atom stereocenters. The van der Waals surface area contributed by atoms with Crippen LogP contribution >= 0.6 is 0 Å². The van der Waals surface area contributed by atoms with Gasteiger partial charge in [0.1, 0.15) is 0 Å². The second-order valence-corrected chi connectivity index (χ2v) is 6.17. The fourth-order valence-corrected chi connectivity index (χ4v) is 2.74. The first-order valence-electron chi connectivity index (χ1n) is 7.98. The lowest BCUT2D eigenvalue weighted by Crippen LogP contribution is -2.49. The van der Waals surface area contributed by atoms with Crippen LogP contribution < -0.4 is 0 Å². The summed E-state index contributed by atoms with van der Waals surface area (Å²) in [6.07, 6.45) is 7.69. The van der Waals surface area contributed by atoms with Crippen molar-refractivity contribution in [1.29, 1.82) is 0 Å². The third-order valence-electron chi connectivity index (χ3n) is 4.35. The van der Waals surface area contributed by atoms with Crippen molar-refractivity contribution in [3.8, 4) is 0 Å². The summed E-state index contributed by atoms with van der Waals surface area (Å²) in [4.78, 5) is 0. The number of nitrogens with zero attached hydrogens (tertiary/aromatic N) is 1. The van der Waals surface area contributed by atoms with Crippen molar-refractivity contribution in [3.63, 3.8) is 0 Å². The van der Waals surface area contributed by atoms with Crippen LogP contribution in [-0.2, 0) is 0 Å². The molecule has 0 bridgehead atoms. The van der Waals surface area contributed by atoms with Gasteiger partial charge in [0.2, 0.25) is 0 Å². The molecule has 1 nitrogen and oxygen atoms in total. The third kappa shape index (κ3) is 7.20. The molecular formula is C17H36N+. The van der Waals surface area contributed by atoms with Gasteiger partial charge in [0, 0.05) is 0 Å². The van der Waals surface area contributed by atoms with E-state index >= 15 is 0 Å². The zero-order valence-corrected chi connectivity index (χ0v) is 13.8. The largest absolute Gasteiger partial charge is 0.324 e. The minimum absolute atomic E-state index is 0.869. The van der Waals surface area contributed by atoms with Crippen molar-refractivity contribution in [2.24, 2.45) is 5.92 Å². The van der Waals surface area contributed by atoms with Crippen molar-refractivity contribution in [2.45, 2.75) is 67.2 Å². The summed E-state index contributed by atoms with van der Waals surface area (Å²) in [5, 5.41) is 0. The van der Waals surface area contributed by atoms with Gasteiger partial charge in [0.05, 0.1) is 26.2 Å². The van der Waals surface area contributed by atoms with Gasteiger partial charge in [-0.15, -0.1) is 0 Å². The van der Waals surface area contributed by atoms with Crippen LogP contribution in [0.2, 0.25) is 0 Å². The molecule has 0 aliphatic carbocycles. The fourth-order valence-electron chi connectivity index (χ4n) is 2.74. The first kappa shape index (κ1) is 17.7. The molecule has 1 heteroatoms. The second kappa shape index (κ2) is 9.61. The molecule has 108 valence electrons. The molecule has 0 N–H and O–H groups in total. The predicted octanol–water partition coefficient (Wildman–Crippen LogP) is 5.03. The quantitative estimate of drug-likeness (QED) is 0.379. The lowest BCUT2D eigenvalue weighted by Gasteiger charge is -2.37. The molecule has 0 aromatic heterocycles. The Morgan fingerprint density at radius 2 is 1.61 bits per heavy atom. The van der Waals surface area contributed by atoms with Crippen LogP contribution in [0.4, 0.5) is 0 Å². The topological polar surface area (TPSA) is 0 Å². The van der Waals surface area contributed by atoms with E-state index in [0.717, 1.165) is 5.92 Å². The van der Waals surface area contributed by atoms with E-state index in [1.165, 1.54) is 61.9 Å². The number of allylic oxidation sites excluding steroid dienone is 2. The Labute approximate surface area is 116 Å². The van der Waals surface area contributed by atoms with Crippen LogP contribution in [0.25, 0.3) is 0 Å². The van der Waals surface area contributed by atoms with Gasteiger partial charge < -0.3 is 4.48 Å². The molecule has 0 radical (unpaired) electrons. The zero-order valence-electron chi connectivity index (χ0n) is 13.8. The summed E-state index contributed by atoms with van der Waals surface area (Å²) in [6, 6.07) is 0. The molecule has 0 aromatic rings. The van der Waals surface area contributed by atoms with Crippen LogP contribution in [0, 0.1) is 5.92 Å². The Hall–Kier alpha value is -0.300. The Balaban J connectivity index is 4.06. The van der Waals surface area contributed by atoms with Crippen LogP contribution in [0.5, 0.6) is 0 Å². The van der Waals surface area contributed by atoms with E-state index in [1.54, 1.807) is 0 Å². The Kier molecular flexibility index (Phi) is 9.45. The van der Waals surface area contributed by atoms with Gasteiger partial charge in [-0.3, -0.25) is 0 Å². The van der Waals surface area contributed by atoms with Crippen molar-refractivity contribution >= 4 is 0 Å². The monoisotopic (exact) mass is 254 g/mol. The summed E-state index contributed by atoms with van der Waals surface area (Å²) in [6.45, 7) is 19.2. The first-order chi connectivity index (χ1) is 8.49. The minimum Gasteiger partial charge on any atom is -0.324 e. The smallest absolute Gasteiger partial charge is 0.0789 e. The number of rotatable bonds is 10. The molecule has 0 rings (SSSR count). The van der Waals surface area contributed by atoms with E-state index in [1.807, 2.05) is 0 Å². The van der Waals surface area contributed by atoms with E-state index in [-0.39, 0.29) is 0 Å². The van der Waals surface area contributed by atoms with Gasteiger partial charge in [0.15, 0.2) is 0 Å². The van der Waals surface area contributed by atoms with Gasteiger partial charge in [-0.25, -0.2) is 0 Å². The molecule has 0 aromatic carbocycles. The van der Waals surface area contributed by atoms with Crippen LogP contribution in [0.15, 0.2) is 11.6 Å². The Bertz CT molecular complexity index is 222. The SMILES string of the molecule is CCC[N+](CC)(CC)CC[C@H](C)CCC=C(C)C. The van der Waals surface area contributed by atoms with Crippen molar-refractivity contribution in [2.75, 3.05) is 26.2 Å². The molecule has 0 aliphatic heterocycles. The molecule has 0 saturated carbocycles. The van der Waals surface area contributed by atoms with Gasteiger partial charge in [-0.05, 0) is 59.3 Å². The summed E-state index contributed by atoms with van der Waals surface area (Å²) in [5.41, 5.74) is 1.46. The molecule has 0 amide bonds. The third-order valence-corrected chi connectivity index (χ3v) is 4.35. The van der Waals surface area contributed by atoms with E-state index in [9.17, 15) is 0 Å². The number of hydrogen-bond acceptors (Lipinski definition) is 0. The van der Waals surface area contributed by atoms with Crippen molar-refractivity contribution in [1.82, 2.24) is 0 Å². The first-order valence-corrected chi connectivity index (χ1v) is 7.98. The van der Waals surface area contributed by atoms with Crippen molar-refractivity contribution in [3.05, 3.63) is 11.6 Å². The van der Waals surface area contributed by atoms with E-state index in [0.29, 0.717) is 0 Å².